The number of aliphatic hydroxyl groups is 1. The van der Waals surface area contributed by atoms with E-state index in [2.05, 4.69) is 15.3 Å². The van der Waals surface area contributed by atoms with Gasteiger partial charge in [-0.15, -0.1) is 10.2 Å². The number of hydrogen-bond acceptors (Lipinski definition) is 6. The van der Waals surface area contributed by atoms with Crippen LogP contribution in [0.3, 0.4) is 0 Å². The predicted molar refractivity (Wildman–Crippen MR) is 104 cm³/mol. The van der Waals surface area contributed by atoms with Gasteiger partial charge in [0, 0.05) is 20.1 Å². The highest BCUT2D eigenvalue weighted by Crippen LogP contribution is 2.24. The number of fused-ring (bicyclic) bond motifs is 1. The lowest BCUT2D eigenvalue weighted by atomic mass is 10.1. The van der Waals surface area contributed by atoms with E-state index in [9.17, 15) is 9.90 Å². The Kier molecular flexibility index (Phi) is 5.45. The Morgan fingerprint density at radius 3 is 2.86 bits per heavy atom. The molecule has 1 aromatic carbocycles. The zero-order valence-electron chi connectivity index (χ0n) is 15.6. The summed E-state index contributed by atoms with van der Waals surface area (Å²) in [6, 6.07) is 11.4. The van der Waals surface area contributed by atoms with E-state index >= 15 is 0 Å². The molecule has 0 saturated heterocycles. The second kappa shape index (κ2) is 8.15. The zero-order chi connectivity index (χ0) is 19.5. The Morgan fingerprint density at radius 2 is 2.11 bits per heavy atom. The summed E-state index contributed by atoms with van der Waals surface area (Å²) in [6.45, 7) is 1.92. The Hall–Kier alpha value is -2.65. The topological polar surface area (TPSA) is 89.1 Å². The number of benzene rings is 1. The van der Waals surface area contributed by atoms with Crippen molar-refractivity contribution in [3.8, 4) is 0 Å². The Labute approximate surface area is 167 Å². The van der Waals surface area contributed by atoms with Crippen LogP contribution in [0, 0.1) is 0 Å². The molecule has 0 bridgehead atoms. The first-order valence-electron chi connectivity index (χ1n) is 9.16. The number of rotatable bonds is 5. The smallest absolute Gasteiger partial charge is 0.233 e. The van der Waals surface area contributed by atoms with Crippen molar-refractivity contribution in [2.24, 2.45) is 7.05 Å². The summed E-state index contributed by atoms with van der Waals surface area (Å²) in [4.78, 5) is 14.5. The van der Waals surface area contributed by atoms with Gasteiger partial charge in [0.2, 0.25) is 5.91 Å². The maximum Gasteiger partial charge on any atom is 0.233 e. The van der Waals surface area contributed by atoms with Crippen molar-refractivity contribution in [2.45, 2.75) is 30.8 Å². The van der Waals surface area contributed by atoms with Crippen LogP contribution in [-0.2, 0) is 24.9 Å². The molecule has 0 fully saturated rings. The molecule has 0 radical (unpaired) electrons. The van der Waals surface area contributed by atoms with E-state index in [0.717, 1.165) is 29.4 Å². The standard InChI is InChI=1S/C19H22N6O2S/c1-23-13-20-21-19(23)28-12-17(26)24-8-5-9-25-15(11-24)10-16(22-25)18(27)14-6-3-2-4-7-14/h2-4,6-7,10,13,18,27H,5,8-9,11-12H2,1H3/t18-/m0/s1. The number of aliphatic hydroxyl groups excluding tert-OH is 1. The molecule has 0 saturated carbocycles. The predicted octanol–water partition coefficient (Wildman–Crippen LogP) is 1.62. The molecule has 9 heteroatoms. The van der Waals surface area contributed by atoms with Crippen LogP contribution in [0.25, 0.3) is 0 Å². The summed E-state index contributed by atoms with van der Waals surface area (Å²) in [5.41, 5.74) is 2.37. The number of carbonyl (C=O) groups is 1. The molecular formula is C19H22N6O2S. The van der Waals surface area contributed by atoms with Crippen molar-refractivity contribution in [1.29, 1.82) is 0 Å². The second-order valence-electron chi connectivity index (χ2n) is 6.78. The highest BCUT2D eigenvalue weighted by atomic mass is 32.2. The van der Waals surface area contributed by atoms with Crippen molar-refractivity contribution in [1.82, 2.24) is 29.4 Å². The minimum absolute atomic E-state index is 0.0628. The molecule has 3 aromatic rings. The molecule has 1 aliphatic rings. The van der Waals surface area contributed by atoms with Gasteiger partial charge in [-0.1, -0.05) is 42.1 Å². The SMILES string of the molecule is Cn1cnnc1SCC(=O)N1CCCn2nc([C@@H](O)c3ccccc3)cc2C1. The number of carbonyl (C=O) groups excluding carboxylic acids is 1. The summed E-state index contributed by atoms with van der Waals surface area (Å²) in [6.07, 6.45) is 1.68. The molecule has 8 nitrogen and oxygen atoms in total. The summed E-state index contributed by atoms with van der Waals surface area (Å²) in [5, 5.41) is 23.8. The third-order valence-electron chi connectivity index (χ3n) is 4.78. The fraction of sp³-hybridized carbons (Fsp3) is 0.368. The highest BCUT2D eigenvalue weighted by molar-refractivity contribution is 7.99. The first-order chi connectivity index (χ1) is 13.6. The summed E-state index contributed by atoms with van der Waals surface area (Å²) in [5.74, 6) is 0.382. The number of aryl methyl sites for hydroxylation is 2. The monoisotopic (exact) mass is 398 g/mol. The zero-order valence-corrected chi connectivity index (χ0v) is 16.4. The van der Waals surface area contributed by atoms with E-state index in [1.165, 1.54) is 11.8 Å². The third kappa shape index (κ3) is 3.95. The Bertz CT molecular complexity index is 955. The minimum Gasteiger partial charge on any atom is -0.382 e. The average Bonchev–Trinajstić information content (AvgIpc) is 3.26. The van der Waals surface area contributed by atoms with Gasteiger partial charge in [-0.3, -0.25) is 9.48 Å². The van der Waals surface area contributed by atoms with E-state index in [1.54, 1.807) is 10.9 Å². The van der Waals surface area contributed by atoms with E-state index in [-0.39, 0.29) is 5.91 Å². The lowest BCUT2D eigenvalue weighted by molar-refractivity contribution is -0.128. The van der Waals surface area contributed by atoms with Crippen LogP contribution in [0.4, 0.5) is 0 Å². The fourth-order valence-electron chi connectivity index (χ4n) is 3.26. The van der Waals surface area contributed by atoms with Gasteiger partial charge in [0.05, 0.1) is 23.7 Å². The van der Waals surface area contributed by atoms with Gasteiger partial charge in [0.25, 0.3) is 0 Å². The van der Waals surface area contributed by atoms with Gasteiger partial charge >= 0.3 is 0 Å². The number of amides is 1. The number of hydrogen-bond donors (Lipinski definition) is 1. The maximum atomic E-state index is 12.7. The van der Waals surface area contributed by atoms with Crippen LogP contribution in [0.2, 0.25) is 0 Å². The first-order valence-corrected chi connectivity index (χ1v) is 10.1. The molecule has 4 rings (SSSR count). The summed E-state index contributed by atoms with van der Waals surface area (Å²) >= 11 is 1.39. The van der Waals surface area contributed by atoms with Crippen molar-refractivity contribution in [3.63, 3.8) is 0 Å². The first kappa shape index (κ1) is 18.7. The minimum atomic E-state index is -0.767. The molecular weight excluding hydrogens is 376 g/mol. The summed E-state index contributed by atoms with van der Waals surface area (Å²) < 4.78 is 3.71. The number of aromatic nitrogens is 5. The summed E-state index contributed by atoms with van der Waals surface area (Å²) in [7, 11) is 1.86. The second-order valence-corrected chi connectivity index (χ2v) is 7.72. The van der Waals surface area contributed by atoms with Gasteiger partial charge < -0.3 is 14.6 Å². The maximum absolute atomic E-state index is 12.7. The van der Waals surface area contributed by atoms with Gasteiger partial charge in [-0.2, -0.15) is 5.10 Å². The normalized spacial score (nSPS) is 15.1. The van der Waals surface area contributed by atoms with Crippen LogP contribution < -0.4 is 0 Å². The Morgan fingerprint density at radius 1 is 1.29 bits per heavy atom. The van der Waals surface area contributed by atoms with Gasteiger partial charge in [-0.25, -0.2) is 0 Å². The molecule has 0 unspecified atom stereocenters. The van der Waals surface area contributed by atoms with Crippen LogP contribution in [-0.4, -0.2) is 52.8 Å². The van der Waals surface area contributed by atoms with Gasteiger partial charge in [-0.05, 0) is 18.1 Å². The molecule has 28 heavy (non-hydrogen) atoms. The fourth-order valence-corrected chi connectivity index (χ4v) is 4.05. The average molecular weight is 398 g/mol. The van der Waals surface area contributed by atoms with Crippen molar-refractivity contribution in [2.75, 3.05) is 12.3 Å². The van der Waals surface area contributed by atoms with E-state index < -0.39 is 6.10 Å². The molecule has 1 N–H and O–H groups in total. The molecule has 0 spiro atoms. The molecule has 1 atom stereocenters. The van der Waals surface area contributed by atoms with E-state index in [0.29, 0.717) is 24.5 Å². The van der Waals surface area contributed by atoms with Crippen LogP contribution in [0.5, 0.6) is 0 Å². The van der Waals surface area contributed by atoms with Crippen LogP contribution >= 0.6 is 11.8 Å². The van der Waals surface area contributed by atoms with Crippen molar-refractivity contribution in [3.05, 3.63) is 59.7 Å². The highest BCUT2D eigenvalue weighted by Gasteiger charge is 2.23. The lowest BCUT2D eigenvalue weighted by Gasteiger charge is -2.19. The molecule has 0 aliphatic carbocycles. The number of nitrogens with zero attached hydrogens (tertiary/aromatic N) is 6. The lowest BCUT2D eigenvalue weighted by Crippen LogP contribution is -2.32. The van der Waals surface area contributed by atoms with Gasteiger partial charge in [0.1, 0.15) is 12.4 Å². The molecule has 1 amide bonds. The van der Waals surface area contributed by atoms with E-state index in [1.807, 2.05) is 53.0 Å². The molecule has 3 heterocycles. The third-order valence-corrected chi connectivity index (χ3v) is 5.79. The van der Waals surface area contributed by atoms with Crippen molar-refractivity contribution < 1.29 is 9.90 Å². The molecule has 146 valence electrons. The van der Waals surface area contributed by atoms with Crippen LogP contribution in [0.15, 0.2) is 47.9 Å². The van der Waals surface area contributed by atoms with Crippen LogP contribution in [0.1, 0.15) is 29.5 Å². The molecule has 2 aromatic heterocycles. The molecule has 1 aliphatic heterocycles. The number of thioether (sulfide) groups is 1. The largest absolute Gasteiger partial charge is 0.382 e. The van der Waals surface area contributed by atoms with Gasteiger partial charge in [0.15, 0.2) is 5.16 Å². The van der Waals surface area contributed by atoms with Crippen molar-refractivity contribution >= 4 is 17.7 Å². The Balaban J connectivity index is 1.45. The quantitative estimate of drug-likeness (QED) is 0.657. The van der Waals surface area contributed by atoms with E-state index in [4.69, 9.17) is 0 Å².